The molecule has 3 N–H and O–H groups in total. The first-order valence-electron chi connectivity index (χ1n) is 6.49. The summed E-state index contributed by atoms with van der Waals surface area (Å²) >= 11 is 0. The molecule has 0 bridgehead atoms. The molecule has 112 valence electrons. The summed E-state index contributed by atoms with van der Waals surface area (Å²) < 4.78 is 7.23. The molecule has 1 amide bonds. The molecule has 0 aliphatic carbocycles. The molecular formula is C12H15N5O4. The first kappa shape index (κ1) is 13.9. The molecule has 0 unspecified atom stereocenters. The van der Waals surface area contributed by atoms with E-state index < -0.39 is 18.4 Å². The number of anilines is 1. The molecule has 3 heterocycles. The molecule has 2 aromatic heterocycles. The second kappa shape index (κ2) is 5.35. The lowest BCUT2D eigenvalue weighted by atomic mass is 10.2. The fourth-order valence-corrected chi connectivity index (χ4v) is 2.37. The predicted molar refractivity (Wildman–Crippen MR) is 71.2 cm³/mol. The van der Waals surface area contributed by atoms with Crippen LogP contribution in [0.25, 0.3) is 11.2 Å². The topological polar surface area (TPSA) is 122 Å². The normalized spacial score (nSPS) is 25.4. The molecule has 21 heavy (non-hydrogen) atoms. The maximum Gasteiger partial charge on any atom is 0.222 e. The zero-order valence-corrected chi connectivity index (χ0v) is 11.3. The van der Waals surface area contributed by atoms with E-state index in [0.29, 0.717) is 23.4 Å². The number of nitrogens with zero attached hydrogens (tertiary/aromatic N) is 4. The summed E-state index contributed by atoms with van der Waals surface area (Å²) in [6, 6.07) is 0. The molecule has 0 aromatic carbocycles. The number of ether oxygens (including phenoxy) is 1. The quantitative estimate of drug-likeness (QED) is 0.692. The summed E-state index contributed by atoms with van der Waals surface area (Å²) in [4.78, 5) is 23.5. The van der Waals surface area contributed by atoms with E-state index in [1.54, 1.807) is 4.57 Å². The molecule has 2 aromatic rings. The largest absolute Gasteiger partial charge is 0.394 e. The van der Waals surface area contributed by atoms with Gasteiger partial charge in [0.15, 0.2) is 17.0 Å². The summed E-state index contributed by atoms with van der Waals surface area (Å²) in [6.45, 7) is 1.13. The van der Waals surface area contributed by atoms with Crippen molar-refractivity contribution in [2.45, 2.75) is 31.8 Å². The van der Waals surface area contributed by atoms with Crippen molar-refractivity contribution < 1.29 is 19.7 Å². The van der Waals surface area contributed by atoms with Gasteiger partial charge in [0.25, 0.3) is 0 Å². The molecule has 0 spiro atoms. The molecule has 3 atom stereocenters. The number of aliphatic hydroxyl groups is 2. The number of aliphatic hydroxyl groups excluding tert-OH is 2. The Morgan fingerprint density at radius 1 is 1.52 bits per heavy atom. The molecular weight excluding hydrogens is 278 g/mol. The van der Waals surface area contributed by atoms with E-state index in [1.165, 1.54) is 19.6 Å². The minimum atomic E-state index is -0.742. The van der Waals surface area contributed by atoms with Gasteiger partial charge >= 0.3 is 0 Å². The van der Waals surface area contributed by atoms with Gasteiger partial charge in [-0.3, -0.25) is 9.36 Å². The van der Waals surface area contributed by atoms with E-state index in [1.807, 2.05) is 0 Å². The summed E-state index contributed by atoms with van der Waals surface area (Å²) in [5.41, 5.74) is 0.933. The third kappa shape index (κ3) is 2.46. The number of carbonyl (C=O) groups is 1. The number of nitrogens with one attached hydrogen (secondary N) is 1. The lowest BCUT2D eigenvalue weighted by Gasteiger charge is -2.13. The maximum atomic E-state index is 11.2. The van der Waals surface area contributed by atoms with Gasteiger partial charge in [-0.2, -0.15) is 0 Å². The Morgan fingerprint density at radius 3 is 3.00 bits per heavy atom. The fourth-order valence-electron chi connectivity index (χ4n) is 2.37. The van der Waals surface area contributed by atoms with Gasteiger partial charge in [0.1, 0.15) is 18.7 Å². The third-order valence-electron chi connectivity index (χ3n) is 3.35. The summed E-state index contributed by atoms with van der Waals surface area (Å²) in [6.07, 6.45) is 1.33. The van der Waals surface area contributed by atoms with Crippen molar-refractivity contribution in [1.82, 2.24) is 19.5 Å². The summed E-state index contributed by atoms with van der Waals surface area (Å²) in [7, 11) is 0. The van der Waals surface area contributed by atoms with Gasteiger partial charge < -0.3 is 20.3 Å². The Kier molecular flexibility index (Phi) is 3.53. The molecule has 0 saturated carbocycles. The van der Waals surface area contributed by atoms with E-state index in [4.69, 9.17) is 9.84 Å². The van der Waals surface area contributed by atoms with Gasteiger partial charge in [0.05, 0.1) is 19.0 Å². The van der Waals surface area contributed by atoms with Crippen LogP contribution >= 0.6 is 0 Å². The smallest absolute Gasteiger partial charge is 0.222 e. The van der Waals surface area contributed by atoms with Crippen molar-refractivity contribution in [3.8, 4) is 0 Å². The van der Waals surface area contributed by atoms with Crippen molar-refractivity contribution in [2.24, 2.45) is 0 Å². The number of amides is 1. The molecule has 1 aliphatic heterocycles. The van der Waals surface area contributed by atoms with Crippen LogP contribution in [-0.4, -0.2) is 54.5 Å². The van der Waals surface area contributed by atoms with Crippen LogP contribution in [0.5, 0.6) is 0 Å². The van der Waals surface area contributed by atoms with Gasteiger partial charge in [-0.15, -0.1) is 0 Å². The molecule has 0 radical (unpaired) electrons. The van der Waals surface area contributed by atoms with E-state index in [9.17, 15) is 9.90 Å². The summed E-state index contributed by atoms with van der Waals surface area (Å²) in [5.74, 6) is 0.0703. The zero-order valence-electron chi connectivity index (χ0n) is 11.3. The van der Waals surface area contributed by atoms with Gasteiger partial charge in [-0.05, 0) is 0 Å². The van der Waals surface area contributed by atoms with E-state index >= 15 is 0 Å². The van der Waals surface area contributed by atoms with E-state index in [2.05, 4.69) is 20.3 Å². The number of aromatic nitrogens is 4. The van der Waals surface area contributed by atoms with Crippen molar-refractivity contribution in [2.75, 3.05) is 11.9 Å². The van der Waals surface area contributed by atoms with Crippen LogP contribution in [0.2, 0.25) is 0 Å². The fraction of sp³-hybridized carbons (Fsp3) is 0.500. The highest BCUT2D eigenvalue weighted by molar-refractivity contribution is 5.95. The number of imidazole rings is 1. The standard InChI is InChI=1S/C12H15N5O4/c1-6(19)16-11-10-12(14-4-13-11)17(5-15-10)9-2-7(20)8(3-18)21-9/h4-5,7-9,18,20H,2-3H2,1H3,(H,13,14,16,19)/t7-,8-,9-/m0/s1. The Hall–Kier alpha value is -2.10. The minimum Gasteiger partial charge on any atom is -0.394 e. The van der Waals surface area contributed by atoms with Crippen molar-refractivity contribution in [1.29, 1.82) is 0 Å². The first-order valence-corrected chi connectivity index (χ1v) is 6.49. The van der Waals surface area contributed by atoms with Crippen molar-refractivity contribution >= 4 is 22.9 Å². The van der Waals surface area contributed by atoms with Crippen LogP contribution < -0.4 is 5.32 Å². The average molecular weight is 293 g/mol. The average Bonchev–Trinajstić information content (AvgIpc) is 3.02. The number of hydrogen-bond donors (Lipinski definition) is 3. The lowest BCUT2D eigenvalue weighted by molar-refractivity contribution is -0.114. The highest BCUT2D eigenvalue weighted by Gasteiger charge is 2.35. The van der Waals surface area contributed by atoms with Crippen LogP contribution in [0, 0.1) is 0 Å². The Balaban J connectivity index is 1.96. The predicted octanol–water partition coefficient (Wildman–Crippen LogP) is -0.575. The highest BCUT2D eigenvalue weighted by Crippen LogP contribution is 2.31. The molecule has 1 saturated heterocycles. The lowest BCUT2D eigenvalue weighted by Crippen LogP contribution is -2.24. The molecule has 1 fully saturated rings. The van der Waals surface area contributed by atoms with Crippen LogP contribution in [-0.2, 0) is 9.53 Å². The van der Waals surface area contributed by atoms with Crippen LogP contribution in [0.4, 0.5) is 5.82 Å². The van der Waals surface area contributed by atoms with Crippen LogP contribution in [0.3, 0.4) is 0 Å². The van der Waals surface area contributed by atoms with Crippen LogP contribution in [0.15, 0.2) is 12.7 Å². The minimum absolute atomic E-state index is 0.252. The molecule has 3 rings (SSSR count). The van der Waals surface area contributed by atoms with Gasteiger partial charge in [-0.1, -0.05) is 0 Å². The SMILES string of the molecule is CC(=O)Nc1ncnc2c1ncn2[C@@H]1C[C@H](O)[C@H](CO)O1. The van der Waals surface area contributed by atoms with Crippen molar-refractivity contribution in [3.63, 3.8) is 0 Å². The summed E-state index contributed by atoms with van der Waals surface area (Å²) in [5, 5.41) is 21.5. The van der Waals surface area contributed by atoms with Gasteiger partial charge in [-0.25, -0.2) is 15.0 Å². The van der Waals surface area contributed by atoms with Gasteiger partial charge in [0, 0.05) is 13.3 Å². The Labute approximate surface area is 119 Å². The number of carbonyl (C=O) groups excluding carboxylic acids is 1. The monoisotopic (exact) mass is 293 g/mol. The number of fused-ring (bicyclic) bond motifs is 1. The second-order valence-corrected chi connectivity index (χ2v) is 4.84. The molecule has 9 heteroatoms. The van der Waals surface area contributed by atoms with Crippen LogP contribution in [0.1, 0.15) is 19.6 Å². The maximum absolute atomic E-state index is 11.2. The highest BCUT2D eigenvalue weighted by atomic mass is 16.5. The Morgan fingerprint density at radius 2 is 2.33 bits per heavy atom. The Bertz CT molecular complexity index is 673. The number of rotatable bonds is 3. The number of hydrogen-bond acceptors (Lipinski definition) is 7. The molecule has 9 nitrogen and oxygen atoms in total. The van der Waals surface area contributed by atoms with E-state index in [0.717, 1.165) is 0 Å². The zero-order chi connectivity index (χ0) is 15.0. The molecule has 1 aliphatic rings. The first-order chi connectivity index (χ1) is 10.1. The van der Waals surface area contributed by atoms with Gasteiger partial charge in [0.2, 0.25) is 5.91 Å². The second-order valence-electron chi connectivity index (χ2n) is 4.84. The van der Waals surface area contributed by atoms with E-state index in [-0.39, 0.29) is 12.5 Å². The van der Waals surface area contributed by atoms with Crippen molar-refractivity contribution in [3.05, 3.63) is 12.7 Å². The third-order valence-corrected chi connectivity index (χ3v) is 3.35.